The first-order valence-electron chi connectivity index (χ1n) is 19.7. The zero-order valence-corrected chi connectivity index (χ0v) is 31.4. The quantitative estimate of drug-likeness (QED) is 0.0488. The number of rotatable bonds is 36. The van der Waals surface area contributed by atoms with Gasteiger partial charge in [-0.15, -0.1) is 15.8 Å². The Morgan fingerprint density at radius 2 is 0.366 bits per heavy atom. The van der Waals surface area contributed by atoms with E-state index in [0.29, 0.717) is 15.8 Å². The molecular weight excluding hydrogens is 530 g/mol. The van der Waals surface area contributed by atoms with Crippen LogP contribution in [-0.2, 0) is 0 Å². The largest absolute Gasteiger partial charge is 0.107 e. The summed E-state index contributed by atoms with van der Waals surface area (Å²) in [6.45, 7) is 9.36. The van der Waals surface area contributed by atoms with Crippen LogP contribution in [0.15, 0.2) is 0 Å². The van der Waals surface area contributed by atoms with Crippen LogP contribution in [0.25, 0.3) is 0 Å². The van der Waals surface area contributed by atoms with Gasteiger partial charge in [0.1, 0.15) is 0 Å². The van der Waals surface area contributed by atoms with Crippen LogP contribution >= 0.6 is 15.8 Å². The van der Waals surface area contributed by atoms with E-state index >= 15 is 0 Å². The van der Waals surface area contributed by atoms with Gasteiger partial charge in [0.2, 0.25) is 0 Å². The molecule has 0 aliphatic rings. The topological polar surface area (TPSA) is 0 Å². The molecule has 0 spiro atoms. The molecule has 0 aromatic carbocycles. The Morgan fingerprint density at radius 3 is 0.585 bits per heavy atom. The molecule has 0 aliphatic carbocycles. The fourth-order valence-corrected chi connectivity index (χ4v) is 11.8. The zero-order valence-electron chi connectivity index (χ0n) is 29.6. The molecule has 0 aromatic rings. The van der Waals surface area contributed by atoms with Crippen molar-refractivity contribution in [1.82, 2.24) is 0 Å². The van der Waals surface area contributed by atoms with Gasteiger partial charge in [-0.1, -0.05) is 182 Å². The Morgan fingerprint density at radius 1 is 0.195 bits per heavy atom. The van der Waals surface area contributed by atoms with Crippen molar-refractivity contribution in [2.45, 2.75) is 214 Å². The van der Waals surface area contributed by atoms with E-state index in [0.717, 1.165) is 0 Å². The summed E-state index contributed by atoms with van der Waals surface area (Å²) in [5, 5.41) is 0. The Labute approximate surface area is 266 Å². The molecule has 0 amide bonds. The van der Waals surface area contributed by atoms with E-state index in [1.807, 2.05) is 0 Å². The fourth-order valence-electron chi connectivity index (χ4n) is 6.36. The lowest BCUT2D eigenvalue weighted by atomic mass is 10.1. The molecule has 0 atom stereocenters. The predicted octanol–water partition coefficient (Wildman–Crippen LogP) is 15.3. The van der Waals surface area contributed by atoms with Gasteiger partial charge in [-0.05, 0) is 69.1 Å². The van der Waals surface area contributed by atoms with Gasteiger partial charge in [0.05, 0.1) is 0 Å². The monoisotopic (exact) mass is 613 g/mol. The number of hydrogen-bond donors (Lipinski definition) is 0. The lowest BCUT2D eigenvalue weighted by Gasteiger charge is -2.22. The number of unbranched alkanes of at least 4 members (excludes halogenated alkanes) is 24. The van der Waals surface area contributed by atoms with Crippen molar-refractivity contribution in [2.24, 2.45) is 0 Å². The molecule has 0 N–H and O–H groups in total. The average Bonchev–Trinajstić information content (AvgIpc) is 2.98. The SMILES string of the molecule is CCCCCCCCCP(CCCCCCCCC)CCCP(CCCCCCCCC)CCCCCCCCC. The normalized spacial score (nSPS) is 11.9. The van der Waals surface area contributed by atoms with E-state index in [-0.39, 0.29) is 0 Å². The van der Waals surface area contributed by atoms with Gasteiger partial charge in [-0.3, -0.25) is 0 Å². The summed E-state index contributed by atoms with van der Waals surface area (Å²) in [5.74, 6) is 0. The highest BCUT2D eigenvalue weighted by atomic mass is 31.1. The summed E-state index contributed by atoms with van der Waals surface area (Å²) in [4.78, 5) is 0. The molecule has 0 saturated carbocycles. The second-order valence-electron chi connectivity index (χ2n) is 13.5. The van der Waals surface area contributed by atoms with Gasteiger partial charge in [-0.2, -0.15) is 0 Å². The first-order valence-corrected chi connectivity index (χ1v) is 23.5. The third-order valence-corrected chi connectivity index (χ3v) is 15.0. The second kappa shape index (κ2) is 37.0. The molecule has 0 aromatic heterocycles. The summed E-state index contributed by atoms with van der Waals surface area (Å²) in [6, 6.07) is 0. The summed E-state index contributed by atoms with van der Waals surface area (Å²) < 4.78 is 0. The molecule has 0 saturated heterocycles. The molecule has 0 rings (SSSR count). The summed E-state index contributed by atoms with van der Waals surface area (Å²) in [6.07, 6.45) is 52.7. The van der Waals surface area contributed by atoms with Crippen molar-refractivity contribution in [3.05, 3.63) is 0 Å². The third kappa shape index (κ3) is 33.6. The Balaban J connectivity index is 4.49. The lowest BCUT2D eigenvalue weighted by molar-refractivity contribution is 0.599. The van der Waals surface area contributed by atoms with Crippen LogP contribution in [-0.4, -0.2) is 37.0 Å². The molecule has 2 heteroatoms. The molecule has 0 aliphatic heterocycles. The van der Waals surface area contributed by atoms with Gasteiger partial charge in [0.25, 0.3) is 0 Å². The second-order valence-corrected chi connectivity index (χ2v) is 18.9. The Hall–Kier alpha value is 0.860. The van der Waals surface area contributed by atoms with E-state index < -0.39 is 0 Å². The third-order valence-electron chi connectivity index (χ3n) is 9.26. The Bertz CT molecular complexity index is 375. The van der Waals surface area contributed by atoms with Gasteiger partial charge >= 0.3 is 0 Å². The molecule has 0 bridgehead atoms. The molecule has 0 heterocycles. The van der Waals surface area contributed by atoms with Gasteiger partial charge < -0.3 is 0 Å². The van der Waals surface area contributed by atoms with E-state index in [1.165, 1.54) is 154 Å². The maximum Gasteiger partial charge on any atom is -0.0323 e. The minimum atomic E-state index is 0.314. The molecule has 0 radical (unpaired) electrons. The van der Waals surface area contributed by atoms with Gasteiger partial charge in [-0.25, -0.2) is 0 Å². The van der Waals surface area contributed by atoms with E-state index in [2.05, 4.69) is 27.7 Å². The highest BCUT2D eigenvalue weighted by Gasteiger charge is 2.12. The van der Waals surface area contributed by atoms with Crippen molar-refractivity contribution >= 4 is 15.8 Å². The molecule has 248 valence electrons. The summed E-state index contributed by atoms with van der Waals surface area (Å²) in [7, 11) is 0.629. The lowest BCUT2D eigenvalue weighted by Crippen LogP contribution is -2.02. The first-order chi connectivity index (χ1) is 20.3. The van der Waals surface area contributed by atoms with Gasteiger partial charge in [0.15, 0.2) is 0 Å². The minimum absolute atomic E-state index is 0.314. The van der Waals surface area contributed by atoms with Crippen LogP contribution in [0.3, 0.4) is 0 Å². The van der Waals surface area contributed by atoms with Crippen molar-refractivity contribution in [2.75, 3.05) is 37.0 Å². The van der Waals surface area contributed by atoms with Crippen LogP contribution in [0.2, 0.25) is 0 Å². The van der Waals surface area contributed by atoms with E-state index in [9.17, 15) is 0 Å². The first kappa shape index (κ1) is 41.9. The highest BCUT2D eigenvalue weighted by molar-refractivity contribution is 7.58. The van der Waals surface area contributed by atoms with Crippen molar-refractivity contribution in [1.29, 1.82) is 0 Å². The van der Waals surface area contributed by atoms with Crippen LogP contribution < -0.4 is 0 Å². The number of hydrogen-bond acceptors (Lipinski definition) is 0. The molecule has 0 nitrogen and oxygen atoms in total. The average molecular weight is 613 g/mol. The smallest absolute Gasteiger partial charge is 0.0323 e. The standard InChI is InChI=1S/C39H82P2/c1-5-9-13-17-21-25-29-34-40(35-30-26-22-18-14-10-6-2)38-33-39-41(36-31-27-23-19-15-11-7-3)37-32-28-24-20-16-12-8-4/h5-39H2,1-4H3. The van der Waals surface area contributed by atoms with E-state index in [1.54, 1.807) is 69.1 Å². The zero-order chi connectivity index (χ0) is 29.9. The van der Waals surface area contributed by atoms with Crippen LogP contribution in [0, 0.1) is 0 Å². The molecule has 0 fully saturated rings. The summed E-state index contributed by atoms with van der Waals surface area (Å²) >= 11 is 0. The fraction of sp³-hybridized carbons (Fsp3) is 1.00. The molecule has 0 unspecified atom stereocenters. The highest BCUT2D eigenvalue weighted by Crippen LogP contribution is 2.43. The van der Waals surface area contributed by atoms with Crippen LogP contribution in [0.1, 0.15) is 214 Å². The van der Waals surface area contributed by atoms with Crippen LogP contribution in [0.5, 0.6) is 0 Å². The summed E-state index contributed by atoms with van der Waals surface area (Å²) in [5.41, 5.74) is 0. The molecular formula is C39H82P2. The maximum absolute atomic E-state index is 2.34. The van der Waals surface area contributed by atoms with Gasteiger partial charge in [0, 0.05) is 0 Å². The molecule has 41 heavy (non-hydrogen) atoms. The Kier molecular flexibility index (Phi) is 37.8. The predicted molar refractivity (Wildman–Crippen MR) is 200 cm³/mol. The van der Waals surface area contributed by atoms with Crippen molar-refractivity contribution in [3.8, 4) is 0 Å². The van der Waals surface area contributed by atoms with Crippen LogP contribution in [0.4, 0.5) is 0 Å². The van der Waals surface area contributed by atoms with Crippen molar-refractivity contribution in [3.63, 3.8) is 0 Å². The minimum Gasteiger partial charge on any atom is -0.107 e. The maximum atomic E-state index is 2.34. The van der Waals surface area contributed by atoms with Crippen molar-refractivity contribution < 1.29 is 0 Å². The van der Waals surface area contributed by atoms with E-state index in [4.69, 9.17) is 0 Å².